The minimum Gasteiger partial charge on any atom is -0.312 e. The van der Waals surface area contributed by atoms with E-state index in [4.69, 9.17) is 4.99 Å². The maximum atomic E-state index is 12.4. The number of fused-ring (bicyclic) bond motifs is 1. The smallest absolute Gasteiger partial charge is 0.173 e. The Hall–Kier alpha value is -1.81. The highest BCUT2D eigenvalue weighted by atomic mass is 32.2. The zero-order valence-electron chi connectivity index (χ0n) is 14.8. The first-order valence-corrected chi connectivity index (χ1v) is 9.42. The van der Waals surface area contributed by atoms with E-state index in [-0.39, 0.29) is 11.8 Å². The van der Waals surface area contributed by atoms with Crippen molar-refractivity contribution in [1.82, 2.24) is 4.90 Å². The first-order chi connectivity index (χ1) is 11.5. The Morgan fingerprint density at radius 1 is 1.25 bits per heavy atom. The van der Waals surface area contributed by atoms with Crippen LogP contribution in [0.25, 0.3) is 0 Å². The number of aliphatic imine (C=N–C) groups is 1. The molecule has 0 aromatic heterocycles. The van der Waals surface area contributed by atoms with Gasteiger partial charge >= 0.3 is 0 Å². The molecular weight excluding hydrogens is 316 g/mol. The van der Waals surface area contributed by atoms with Crippen LogP contribution in [-0.2, 0) is 4.79 Å². The second-order valence-electron chi connectivity index (χ2n) is 6.46. The van der Waals surface area contributed by atoms with Crippen LogP contribution in [0, 0.1) is 6.92 Å². The molecule has 0 saturated carbocycles. The molecule has 0 bridgehead atoms. The molecule has 4 heteroatoms. The van der Waals surface area contributed by atoms with Crippen molar-refractivity contribution < 1.29 is 4.79 Å². The third-order valence-corrected chi connectivity index (χ3v) is 5.45. The van der Waals surface area contributed by atoms with Crippen molar-refractivity contribution in [1.29, 1.82) is 0 Å². The van der Waals surface area contributed by atoms with Crippen LogP contribution >= 0.6 is 11.8 Å². The van der Waals surface area contributed by atoms with Gasteiger partial charge in [-0.25, -0.2) is 4.99 Å². The van der Waals surface area contributed by atoms with Gasteiger partial charge in [0.1, 0.15) is 0 Å². The van der Waals surface area contributed by atoms with Crippen LogP contribution in [0.1, 0.15) is 57.2 Å². The zero-order valence-corrected chi connectivity index (χ0v) is 15.6. The van der Waals surface area contributed by atoms with Gasteiger partial charge in [-0.2, -0.15) is 0 Å². The van der Waals surface area contributed by atoms with Crippen molar-refractivity contribution in [3.63, 3.8) is 0 Å². The number of amidine groups is 1. The highest BCUT2D eigenvalue weighted by molar-refractivity contribution is 8.16. The predicted molar refractivity (Wildman–Crippen MR) is 102 cm³/mol. The molecule has 0 spiro atoms. The summed E-state index contributed by atoms with van der Waals surface area (Å²) in [6.07, 6.45) is 3.33. The number of aryl methyl sites for hydroxylation is 1. The number of rotatable bonds is 5. The van der Waals surface area contributed by atoms with Gasteiger partial charge in [0.15, 0.2) is 11.0 Å². The highest BCUT2D eigenvalue weighted by Gasteiger charge is 2.38. The Morgan fingerprint density at radius 2 is 1.96 bits per heavy atom. The minimum absolute atomic E-state index is 0.0614. The molecule has 126 valence electrons. The van der Waals surface area contributed by atoms with E-state index in [9.17, 15) is 4.79 Å². The van der Waals surface area contributed by atoms with Crippen molar-refractivity contribution in [3.05, 3.63) is 57.8 Å². The third kappa shape index (κ3) is 3.07. The van der Waals surface area contributed by atoms with Gasteiger partial charge in [0.2, 0.25) is 0 Å². The molecule has 3 rings (SSSR count). The molecule has 2 aliphatic rings. The summed E-state index contributed by atoms with van der Waals surface area (Å²) in [6, 6.07) is 8.45. The summed E-state index contributed by atoms with van der Waals surface area (Å²) in [7, 11) is 0. The molecule has 0 fully saturated rings. The molecule has 0 aliphatic carbocycles. The second-order valence-corrected chi connectivity index (χ2v) is 7.30. The van der Waals surface area contributed by atoms with E-state index in [1.165, 1.54) is 11.3 Å². The number of allylic oxidation sites excluding steroid dienone is 2. The van der Waals surface area contributed by atoms with Crippen LogP contribution in [0.5, 0.6) is 0 Å². The topological polar surface area (TPSA) is 32.7 Å². The molecule has 1 aromatic rings. The number of carbonyl (C=O) groups is 1. The summed E-state index contributed by atoms with van der Waals surface area (Å²) in [5.74, 6) is 0.104. The lowest BCUT2D eigenvalue weighted by molar-refractivity contribution is -0.114. The lowest BCUT2D eigenvalue weighted by Gasteiger charge is -2.36. The number of benzene rings is 1. The molecule has 0 saturated heterocycles. The summed E-state index contributed by atoms with van der Waals surface area (Å²) < 4.78 is 0. The molecule has 1 atom stereocenters. The standard InChI is InChI=1S/C20H24N2OS/c1-5-6-7-17-12-24-20-21-14(3)18(15(4)23)19(22(17)20)16-10-8-13(2)9-11-16/h8-12,19H,5-7H2,1-4H3. The fourth-order valence-electron chi connectivity index (χ4n) is 3.29. The quantitative estimate of drug-likeness (QED) is 0.724. The van der Waals surface area contributed by atoms with Crippen LogP contribution in [0.15, 0.2) is 51.6 Å². The van der Waals surface area contributed by atoms with Gasteiger partial charge in [-0.1, -0.05) is 54.9 Å². The Balaban J connectivity index is 2.08. The number of nitrogens with zero attached hydrogens (tertiary/aromatic N) is 2. The van der Waals surface area contributed by atoms with Gasteiger partial charge in [-0.05, 0) is 44.6 Å². The summed E-state index contributed by atoms with van der Waals surface area (Å²) in [6.45, 7) is 7.89. The number of unbranched alkanes of at least 4 members (excludes halogenated alkanes) is 1. The molecule has 2 aliphatic heterocycles. The summed E-state index contributed by atoms with van der Waals surface area (Å²) in [5.41, 5.74) is 5.32. The number of hydrogen-bond donors (Lipinski definition) is 0. The largest absolute Gasteiger partial charge is 0.312 e. The summed E-state index contributed by atoms with van der Waals surface area (Å²) in [5, 5.41) is 3.20. The van der Waals surface area contributed by atoms with Crippen LogP contribution in [0.3, 0.4) is 0 Å². The minimum atomic E-state index is -0.0614. The van der Waals surface area contributed by atoms with Crippen molar-refractivity contribution in [2.75, 3.05) is 0 Å². The van der Waals surface area contributed by atoms with Crippen molar-refractivity contribution in [2.24, 2.45) is 4.99 Å². The molecule has 0 amide bonds. The molecular formula is C20H24N2OS. The lowest BCUT2D eigenvalue weighted by Crippen LogP contribution is -2.35. The molecule has 1 aromatic carbocycles. The fourth-order valence-corrected chi connectivity index (χ4v) is 4.29. The summed E-state index contributed by atoms with van der Waals surface area (Å²) >= 11 is 1.67. The van der Waals surface area contributed by atoms with E-state index in [1.807, 2.05) is 6.92 Å². The van der Waals surface area contributed by atoms with Gasteiger partial charge in [0, 0.05) is 17.0 Å². The molecule has 0 radical (unpaired) electrons. The summed E-state index contributed by atoms with van der Waals surface area (Å²) in [4.78, 5) is 19.4. The van der Waals surface area contributed by atoms with Gasteiger partial charge in [-0.15, -0.1) is 0 Å². The van der Waals surface area contributed by atoms with Crippen LogP contribution in [-0.4, -0.2) is 15.9 Å². The SMILES string of the molecule is CCCCC1=CSC2=NC(C)=C(C(C)=O)C(c3ccc(C)cc3)N12. The molecule has 3 nitrogen and oxygen atoms in total. The Bertz CT molecular complexity index is 743. The van der Waals surface area contributed by atoms with E-state index in [2.05, 4.69) is 48.4 Å². The van der Waals surface area contributed by atoms with E-state index < -0.39 is 0 Å². The average Bonchev–Trinajstić information content (AvgIpc) is 2.94. The lowest BCUT2D eigenvalue weighted by atomic mass is 9.91. The van der Waals surface area contributed by atoms with E-state index >= 15 is 0 Å². The molecule has 0 N–H and O–H groups in total. The van der Waals surface area contributed by atoms with Crippen LogP contribution in [0.4, 0.5) is 0 Å². The average molecular weight is 340 g/mol. The van der Waals surface area contributed by atoms with Gasteiger partial charge in [-0.3, -0.25) is 4.79 Å². The fraction of sp³-hybridized carbons (Fsp3) is 0.400. The van der Waals surface area contributed by atoms with E-state index in [0.29, 0.717) is 0 Å². The molecule has 2 heterocycles. The predicted octanol–water partition coefficient (Wildman–Crippen LogP) is 5.35. The molecule has 24 heavy (non-hydrogen) atoms. The maximum Gasteiger partial charge on any atom is 0.173 e. The molecule has 1 unspecified atom stereocenters. The van der Waals surface area contributed by atoms with Gasteiger partial charge < -0.3 is 4.90 Å². The van der Waals surface area contributed by atoms with Crippen molar-refractivity contribution in [2.45, 2.75) is 53.0 Å². The number of thioether (sulfide) groups is 1. The highest BCUT2D eigenvalue weighted by Crippen LogP contribution is 2.44. The number of hydrogen-bond acceptors (Lipinski definition) is 4. The van der Waals surface area contributed by atoms with Gasteiger partial charge in [0.25, 0.3) is 0 Å². The first kappa shape index (κ1) is 17.0. The first-order valence-electron chi connectivity index (χ1n) is 8.54. The third-order valence-electron chi connectivity index (χ3n) is 4.56. The normalized spacial score (nSPS) is 20.0. The second kappa shape index (κ2) is 6.98. The van der Waals surface area contributed by atoms with Crippen molar-refractivity contribution in [3.8, 4) is 0 Å². The Morgan fingerprint density at radius 3 is 2.58 bits per heavy atom. The Kier molecular flexibility index (Phi) is 4.95. The number of ketones is 1. The van der Waals surface area contributed by atoms with Crippen LogP contribution < -0.4 is 0 Å². The van der Waals surface area contributed by atoms with E-state index in [0.717, 1.165) is 41.3 Å². The van der Waals surface area contributed by atoms with Gasteiger partial charge in [0.05, 0.1) is 6.04 Å². The van der Waals surface area contributed by atoms with Crippen molar-refractivity contribution >= 4 is 22.7 Å². The number of carbonyl (C=O) groups excluding carboxylic acids is 1. The Labute approximate surface area is 148 Å². The number of Topliss-reactive ketones (excluding diaryl/α,β-unsaturated/α-hetero) is 1. The maximum absolute atomic E-state index is 12.4. The van der Waals surface area contributed by atoms with E-state index in [1.54, 1.807) is 18.7 Å². The van der Waals surface area contributed by atoms with Crippen LogP contribution in [0.2, 0.25) is 0 Å². The zero-order chi connectivity index (χ0) is 17.3. The monoisotopic (exact) mass is 340 g/mol.